The van der Waals surface area contributed by atoms with Crippen LogP contribution in [0.4, 0.5) is 0 Å². The van der Waals surface area contributed by atoms with Gasteiger partial charge in [-0.05, 0) is 121 Å². The van der Waals surface area contributed by atoms with Crippen molar-refractivity contribution >= 4 is 0 Å². The highest BCUT2D eigenvalue weighted by atomic mass is 14.3. The van der Waals surface area contributed by atoms with E-state index in [2.05, 4.69) is 147 Å². The van der Waals surface area contributed by atoms with Crippen LogP contribution >= 0.6 is 0 Å². The van der Waals surface area contributed by atoms with Crippen molar-refractivity contribution in [3.05, 3.63) is 47.6 Å². The van der Waals surface area contributed by atoms with Gasteiger partial charge in [0, 0.05) is 0 Å². The predicted octanol–water partition coefficient (Wildman–Crippen LogP) is 14.3. The van der Waals surface area contributed by atoms with Gasteiger partial charge in [-0.3, -0.25) is 0 Å². The third kappa shape index (κ3) is 13.8. The first-order valence-electron chi connectivity index (χ1n) is 19.2. The van der Waals surface area contributed by atoms with Crippen LogP contribution in [0, 0.1) is 82.9 Å². The number of hydrogen-bond donors (Lipinski definition) is 0. The van der Waals surface area contributed by atoms with Gasteiger partial charge in [-0.15, -0.1) is 0 Å². The smallest absolute Gasteiger partial charge is 0.0175 e. The first-order chi connectivity index (χ1) is 20.5. The highest BCUT2D eigenvalue weighted by Crippen LogP contribution is 2.37. The van der Waals surface area contributed by atoms with Crippen molar-refractivity contribution in [2.24, 2.45) is 82.9 Å². The molecule has 0 aromatic rings. The second-order valence-corrected chi connectivity index (χ2v) is 17.5. The van der Waals surface area contributed by atoms with E-state index in [-0.39, 0.29) is 0 Å². The zero-order valence-corrected chi connectivity index (χ0v) is 32.8. The normalized spacial score (nSPS) is 27.8. The topological polar surface area (TPSA) is 0 Å². The van der Waals surface area contributed by atoms with Crippen molar-refractivity contribution in [2.45, 2.75) is 149 Å². The zero-order valence-electron chi connectivity index (χ0n) is 32.8. The second-order valence-electron chi connectivity index (χ2n) is 17.5. The van der Waals surface area contributed by atoms with Gasteiger partial charge in [-0.1, -0.05) is 158 Å². The Kier molecular flexibility index (Phi) is 18.9. The highest BCUT2D eigenvalue weighted by molar-refractivity contribution is 5.15. The summed E-state index contributed by atoms with van der Waals surface area (Å²) < 4.78 is 0. The monoisotopic (exact) mass is 609 g/mol. The van der Waals surface area contributed by atoms with Crippen LogP contribution in [0.15, 0.2) is 47.6 Å². The minimum atomic E-state index is 0.768. The van der Waals surface area contributed by atoms with Crippen LogP contribution in [0.1, 0.15) is 149 Å². The summed E-state index contributed by atoms with van der Waals surface area (Å²) in [4.78, 5) is 0. The van der Waals surface area contributed by atoms with E-state index in [4.69, 9.17) is 0 Å². The Labute approximate surface area is 279 Å². The SMILES string of the molecule is CC(C)C1=CC(C(C)C)CC1.CC(C)C1=CCCC1C(C)C.CC(C)C1C=CC(C(C)C)C1.CC(C)C1C=CCC1C(C)C. The Balaban J connectivity index is 0.000000293. The van der Waals surface area contributed by atoms with Gasteiger partial charge in [0.05, 0.1) is 0 Å². The van der Waals surface area contributed by atoms with Crippen LogP contribution in [0.5, 0.6) is 0 Å². The summed E-state index contributed by atoms with van der Waals surface area (Å²) in [5.41, 5.74) is 3.39. The van der Waals surface area contributed by atoms with Crippen molar-refractivity contribution in [2.75, 3.05) is 0 Å². The van der Waals surface area contributed by atoms with E-state index in [1.807, 2.05) is 0 Å². The van der Waals surface area contributed by atoms with E-state index >= 15 is 0 Å². The summed E-state index contributed by atoms with van der Waals surface area (Å²) in [6.07, 6.45) is 22.7. The van der Waals surface area contributed by atoms with E-state index in [0.29, 0.717) is 0 Å². The zero-order chi connectivity index (χ0) is 33.7. The Morgan fingerprint density at radius 2 is 1.09 bits per heavy atom. The standard InChI is InChI=1S/4C11H20/c2*1-8(2)10-5-6-11(7-10)9(3)4;2*1-8(2)10-6-5-7-11(10)9(3)4/h7-10H,5-6H2,1-4H3;5-6,8-11H,7H2,1-4H3;6,8-9,11H,5,7H2,1-4H3;5-6,8-11H,7H2,1-4H3. The lowest BCUT2D eigenvalue weighted by atomic mass is 9.79. The van der Waals surface area contributed by atoms with Gasteiger partial charge in [-0.2, -0.15) is 0 Å². The lowest BCUT2D eigenvalue weighted by molar-refractivity contribution is 0.262. The third-order valence-corrected chi connectivity index (χ3v) is 11.3. The maximum absolute atomic E-state index is 2.51. The molecular formula is C44H80. The quantitative estimate of drug-likeness (QED) is 0.240. The molecule has 0 aliphatic heterocycles. The number of rotatable bonds is 8. The maximum Gasteiger partial charge on any atom is -0.0175 e. The molecule has 0 bridgehead atoms. The molecule has 0 saturated heterocycles. The van der Waals surface area contributed by atoms with Gasteiger partial charge in [0.2, 0.25) is 0 Å². The fourth-order valence-electron chi connectivity index (χ4n) is 7.78. The molecule has 4 aliphatic carbocycles. The highest BCUT2D eigenvalue weighted by Gasteiger charge is 2.27. The molecule has 0 radical (unpaired) electrons. The fourth-order valence-corrected chi connectivity index (χ4v) is 7.78. The Morgan fingerprint density at radius 3 is 1.39 bits per heavy atom. The molecule has 6 atom stereocenters. The molecule has 0 fully saturated rings. The van der Waals surface area contributed by atoms with E-state index in [1.165, 1.54) is 38.5 Å². The predicted molar refractivity (Wildman–Crippen MR) is 202 cm³/mol. The van der Waals surface area contributed by atoms with Gasteiger partial charge < -0.3 is 0 Å². The van der Waals surface area contributed by atoms with Crippen molar-refractivity contribution in [3.8, 4) is 0 Å². The van der Waals surface area contributed by atoms with Gasteiger partial charge in [0.25, 0.3) is 0 Å². The van der Waals surface area contributed by atoms with E-state index < -0.39 is 0 Å². The summed E-state index contributed by atoms with van der Waals surface area (Å²) in [5.74, 6) is 11.8. The molecule has 0 amide bonds. The average Bonchev–Trinajstić information content (AvgIpc) is 3.75. The van der Waals surface area contributed by atoms with Crippen LogP contribution in [0.25, 0.3) is 0 Å². The van der Waals surface area contributed by atoms with Crippen LogP contribution < -0.4 is 0 Å². The molecule has 0 aromatic carbocycles. The molecule has 0 saturated carbocycles. The lowest BCUT2D eigenvalue weighted by Crippen LogP contribution is -2.19. The van der Waals surface area contributed by atoms with Crippen molar-refractivity contribution in [1.82, 2.24) is 0 Å². The van der Waals surface area contributed by atoms with Crippen LogP contribution in [0.3, 0.4) is 0 Å². The van der Waals surface area contributed by atoms with Crippen LogP contribution in [0.2, 0.25) is 0 Å². The van der Waals surface area contributed by atoms with E-state index in [0.717, 1.165) is 82.9 Å². The summed E-state index contributed by atoms with van der Waals surface area (Å²) in [5, 5.41) is 0. The van der Waals surface area contributed by atoms with Gasteiger partial charge in [0.15, 0.2) is 0 Å². The molecule has 6 unspecified atom stereocenters. The molecule has 0 heterocycles. The summed E-state index contributed by atoms with van der Waals surface area (Å²) in [6.45, 7) is 37.2. The third-order valence-electron chi connectivity index (χ3n) is 11.3. The van der Waals surface area contributed by atoms with E-state index in [1.54, 1.807) is 11.1 Å². The molecule has 44 heavy (non-hydrogen) atoms. The summed E-state index contributed by atoms with van der Waals surface area (Å²) in [6, 6.07) is 0. The summed E-state index contributed by atoms with van der Waals surface area (Å²) >= 11 is 0. The van der Waals surface area contributed by atoms with Crippen molar-refractivity contribution < 1.29 is 0 Å². The average molecular weight is 609 g/mol. The summed E-state index contributed by atoms with van der Waals surface area (Å²) in [7, 11) is 0. The van der Waals surface area contributed by atoms with Gasteiger partial charge >= 0.3 is 0 Å². The van der Waals surface area contributed by atoms with E-state index in [9.17, 15) is 0 Å². The molecule has 0 aromatic heterocycles. The number of hydrogen-bond acceptors (Lipinski definition) is 0. The molecule has 256 valence electrons. The van der Waals surface area contributed by atoms with Crippen LogP contribution in [-0.2, 0) is 0 Å². The number of allylic oxidation sites excluding steroid dienone is 8. The second kappa shape index (κ2) is 20.3. The molecule has 0 heteroatoms. The fraction of sp³-hybridized carbons (Fsp3) is 0.818. The maximum atomic E-state index is 2.51. The molecule has 4 aliphatic rings. The minimum absolute atomic E-state index is 0.768. The lowest BCUT2D eigenvalue weighted by Gasteiger charge is -2.25. The Hall–Kier alpha value is -1.04. The molecule has 0 spiro atoms. The first kappa shape index (κ1) is 41.0. The molecular weight excluding hydrogens is 528 g/mol. The van der Waals surface area contributed by atoms with Gasteiger partial charge in [-0.25, -0.2) is 0 Å². The Bertz CT molecular complexity index is 861. The molecule has 0 N–H and O–H groups in total. The first-order valence-corrected chi connectivity index (χ1v) is 19.2. The van der Waals surface area contributed by atoms with Crippen molar-refractivity contribution in [1.29, 1.82) is 0 Å². The Morgan fingerprint density at radius 1 is 0.545 bits per heavy atom. The minimum Gasteiger partial charge on any atom is -0.0879 e. The largest absolute Gasteiger partial charge is 0.0879 e. The van der Waals surface area contributed by atoms with Crippen molar-refractivity contribution in [3.63, 3.8) is 0 Å². The molecule has 4 rings (SSSR count). The molecule has 0 nitrogen and oxygen atoms in total. The van der Waals surface area contributed by atoms with Gasteiger partial charge in [0.1, 0.15) is 0 Å². The van der Waals surface area contributed by atoms with Crippen LogP contribution in [-0.4, -0.2) is 0 Å².